The minimum absolute atomic E-state index is 0.105. The van der Waals surface area contributed by atoms with E-state index in [-0.39, 0.29) is 10.5 Å². The number of imide groups is 1. The number of nitrogens with one attached hydrogen (secondary N) is 1. The summed E-state index contributed by atoms with van der Waals surface area (Å²) >= 11 is 0. The third-order valence-corrected chi connectivity index (χ3v) is 5.85. The number of esters is 1. The molecule has 0 saturated carbocycles. The molecule has 0 fully saturated rings. The largest absolute Gasteiger partial charge is 0.449 e. The molecule has 0 aliphatic rings. The van der Waals surface area contributed by atoms with E-state index < -0.39 is 34.0 Å². The first-order valence-electron chi connectivity index (χ1n) is 8.49. The molecule has 154 valence electrons. The highest BCUT2D eigenvalue weighted by atomic mass is 32.2. The van der Waals surface area contributed by atoms with Crippen molar-refractivity contribution in [3.8, 4) is 0 Å². The lowest BCUT2D eigenvalue weighted by Crippen LogP contribution is -2.42. The smallest absolute Gasteiger partial charge is 0.338 e. The molecule has 29 heavy (non-hydrogen) atoms. The molecule has 0 saturated heterocycles. The maximum absolute atomic E-state index is 12.7. The number of sulfonamides is 1. The number of hydrogen-bond acceptors (Lipinski definition) is 6. The van der Waals surface area contributed by atoms with Gasteiger partial charge in [-0.1, -0.05) is 17.7 Å². The number of urea groups is 1. The summed E-state index contributed by atoms with van der Waals surface area (Å²) in [6.45, 7) is 3.14. The number of carbonyl (C=O) groups excluding carboxylic acids is 3. The Morgan fingerprint density at radius 2 is 1.59 bits per heavy atom. The van der Waals surface area contributed by atoms with Crippen LogP contribution in [0.25, 0.3) is 0 Å². The summed E-state index contributed by atoms with van der Waals surface area (Å²) in [4.78, 5) is 34.5. The van der Waals surface area contributed by atoms with Gasteiger partial charge in [-0.2, -0.15) is 0 Å². The number of anilines is 1. The van der Waals surface area contributed by atoms with Crippen LogP contribution in [0, 0.1) is 6.92 Å². The molecule has 1 unspecified atom stereocenters. The van der Waals surface area contributed by atoms with Crippen LogP contribution < -0.4 is 15.4 Å². The normalized spacial score (nSPS) is 12.0. The SMILES string of the molecule is Cc1ccc(S(=O)(=O)N(C)c2ccc(C(=O)OC(C)C(=O)NC(N)=O)cc2)cc1. The van der Waals surface area contributed by atoms with Crippen LogP contribution in [0.5, 0.6) is 0 Å². The summed E-state index contributed by atoms with van der Waals surface area (Å²) < 4.78 is 31.5. The van der Waals surface area contributed by atoms with Gasteiger partial charge in [0.15, 0.2) is 6.10 Å². The van der Waals surface area contributed by atoms with Crippen molar-refractivity contribution < 1.29 is 27.5 Å². The Hall–Kier alpha value is -3.40. The average molecular weight is 419 g/mol. The van der Waals surface area contributed by atoms with Gasteiger partial charge in [0.1, 0.15) is 0 Å². The van der Waals surface area contributed by atoms with Crippen LogP contribution in [-0.2, 0) is 19.6 Å². The molecule has 10 heteroatoms. The minimum Gasteiger partial charge on any atom is -0.449 e. The molecule has 2 aromatic carbocycles. The van der Waals surface area contributed by atoms with Gasteiger partial charge < -0.3 is 10.5 Å². The highest BCUT2D eigenvalue weighted by Gasteiger charge is 2.23. The number of carbonyl (C=O) groups is 3. The van der Waals surface area contributed by atoms with Crippen molar-refractivity contribution in [3.63, 3.8) is 0 Å². The third-order valence-electron chi connectivity index (χ3n) is 4.05. The van der Waals surface area contributed by atoms with E-state index in [1.807, 2.05) is 12.2 Å². The second-order valence-electron chi connectivity index (χ2n) is 6.23. The molecular weight excluding hydrogens is 398 g/mol. The number of nitrogens with zero attached hydrogens (tertiary/aromatic N) is 1. The number of amides is 3. The van der Waals surface area contributed by atoms with Gasteiger partial charge in [-0.15, -0.1) is 0 Å². The molecule has 0 aliphatic carbocycles. The second kappa shape index (κ2) is 8.74. The van der Waals surface area contributed by atoms with E-state index in [1.165, 1.54) is 50.4 Å². The molecule has 0 heterocycles. The van der Waals surface area contributed by atoms with Gasteiger partial charge in [-0.05, 0) is 50.2 Å². The van der Waals surface area contributed by atoms with Crippen molar-refractivity contribution >= 4 is 33.6 Å². The van der Waals surface area contributed by atoms with Crippen LogP contribution in [-0.4, -0.2) is 39.5 Å². The number of nitrogens with two attached hydrogens (primary N) is 1. The molecule has 0 spiro atoms. The number of ether oxygens (including phenoxy) is 1. The predicted octanol–water partition coefficient (Wildman–Crippen LogP) is 1.56. The molecule has 2 rings (SSSR count). The second-order valence-corrected chi connectivity index (χ2v) is 8.20. The van der Waals surface area contributed by atoms with E-state index in [0.717, 1.165) is 9.87 Å². The summed E-state index contributed by atoms with van der Waals surface area (Å²) in [5.74, 6) is -1.67. The van der Waals surface area contributed by atoms with Crippen LogP contribution in [0.2, 0.25) is 0 Å². The monoisotopic (exact) mass is 419 g/mol. The number of aryl methyl sites for hydroxylation is 1. The van der Waals surface area contributed by atoms with Gasteiger partial charge in [-0.25, -0.2) is 18.0 Å². The summed E-state index contributed by atoms with van der Waals surface area (Å²) in [6, 6.07) is 11.0. The molecule has 0 aliphatic heterocycles. The van der Waals surface area contributed by atoms with E-state index in [2.05, 4.69) is 0 Å². The molecular formula is C19H21N3O6S. The fourth-order valence-corrected chi connectivity index (χ4v) is 3.52. The molecule has 1 atom stereocenters. The Kier molecular flexibility index (Phi) is 6.60. The zero-order valence-electron chi connectivity index (χ0n) is 16.1. The maximum Gasteiger partial charge on any atom is 0.338 e. The fraction of sp³-hybridized carbons (Fsp3) is 0.211. The van der Waals surface area contributed by atoms with Crippen molar-refractivity contribution in [2.75, 3.05) is 11.4 Å². The summed E-state index contributed by atoms with van der Waals surface area (Å²) in [7, 11) is -2.36. The number of hydrogen-bond donors (Lipinski definition) is 2. The highest BCUT2D eigenvalue weighted by molar-refractivity contribution is 7.92. The third kappa shape index (κ3) is 5.32. The van der Waals surface area contributed by atoms with E-state index in [0.29, 0.717) is 5.69 Å². The van der Waals surface area contributed by atoms with E-state index in [1.54, 1.807) is 12.1 Å². The minimum atomic E-state index is -3.76. The number of rotatable bonds is 6. The Morgan fingerprint density at radius 3 is 2.10 bits per heavy atom. The maximum atomic E-state index is 12.7. The summed E-state index contributed by atoms with van der Waals surface area (Å²) in [5, 5.41) is 1.81. The van der Waals surface area contributed by atoms with Crippen LogP contribution in [0.4, 0.5) is 10.5 Å². The predicted molar refractivity (Wildman–Crippen MR) is 106 cm³/mol. The zero-order valence-corrected chi connectivity index (χ0v) is 16.9. The molecule has 9 nitrogen and oxygen atoms in total. The van der Waals surface area contributed by atoms with E-state index in [4.69, 9.17) is 10.5 Å². The first kappa shape index (κ1) is 21.9. The Bertz CT molecular complexity index is 1020. The first-order chi connectivity index (χ1) is 13.5. The fourth-order valence-electron chi connectivity index (χ4n) is 2.32. The molecule has 3 amide bonds. The molecule has 0 bridgehead atoms. The average Bonchev–Trinajstić information content (AvgIpc) is 2.67. The van der Waals surface area contributed by atoms with Gasteiger partial charge in [0.2, 0.25) is 0 Å². The lowest BCUT2D eigenvalue weighted by molar-refractivity contribution is -0.127. The van der Waals surface area contributed by atoms with Crippen molar-refractivity contribution in [1.82, 2.24) is 5.32 Å². The van der Waals surface area contributed by atoms with Gasteiger partial charge in [0.05, 0.1) is 16.1 Å². The first-order valence-corrected chi connectivity index (χ1v) is 9.93. The molecule has 0 radical (unpaired) electrons. The van der Waals surface area contributed by atoms with E-state index >= 15 is 0 Å². The Balaban J connectivity index is 2.12. The van der Waals surface area contributed by atoms with Crippen molar-refractivity contribution in [1.29, 1.82) is 0 Å². The van der Waals surface area contributed by atoms with Gasteiger partial charge in [0, 0.05) is 7.05 Å². The van der Waals surface area contributed by atoms with Crippen molar-refractivity contribution in [2.45, 2.75) is 24.8 Å². The molecule has 3 N–H and O–H groups in total. The summed E-state index contributed by atoms with van der Waals surface area (Å²) in [5.41, 5.74) is 6.22. The lowest BCUT2D eigenvalue weighted by atomic mass is 10.2. The molecule has 2 aromatic rings. The highest BCUT2D eigenvalue weighted by Crippen LogP contribution is 2.23. The standard InChI is InChI=1S/C19H21N3O6S/c1-12-4-10-16(11-5-12)29(26,27)22(3)15-8-6-14(7-9-15)18(24)28-13(2)17(23)21-19(20)25/h4-11,13H,1-3H3,(H3,20,21,23,25). The van der Waals surface area contributed by atoms with Crippen molar-refractivity contribution in [2.24, 2.45) is 5.73 Å². The zero-order chi connectivity index (χ0) is 21.8. The van der Waals surface area contributed by atoms with Crippen LogP contribution in [0.3, 0.4) is 0 Å². The van der Waals surface area contributed by atoms with Crippen LogP contribution in [0.15, 0.2) is 53.4 Å². The van der Waals surface area contributed by atoms with Gasteiger partial charge in [-0.3, -0.25) is 14.4 Å². The van der Waals surface area contributed by atoms with Gasteiger partial charge >= 0.3 is 12.0 Å². The van der Waals surface area contributed by atoms with Crippen molar-refractivity contribution in [3.05, 3.63) is 59.7 Å². The Morgan fingerprint density at radius 1 is 1.03 bits per heavy atom. The van der Waals surface area contributed by atoms with E-state index in [9.17, 15) is 22.8 Å². The summed E-state index contributed by atoms with van der Waals surface area (Å²) in [6.07, 6.45) is -1.24. The Labute approximate surface area is 168 Å². The topological polar surface area (TPSA) is 136 Å². The number of primary amides is 1. The van der Waals surface area contributed by atoms with Crippen LogP contribution in [0.1, 0.15) is 22.8 Å². The number of benzene rings is 2. The molecule has 0 aromatic heterocycles. The van der Waals surface area contributed by atoms with Crippen LogP contribution >= 0.6 is 0 Å². The quantitative estimate of drug-likeness (QED) is 0.682. The lowest BCUT2D eigenvalue weighted by Gasteiger charge is -2.20. The van der Waals surface area contributed by atoms with Gasteiger partial charge in [0.25, 0.3) is 15.9 Å².